The van der Waals surface area contributed by atoms with Gasteiger partial charge in [0.1, 0.15) is 0 Å². The molecule has 0 heterocycles. The number of aliphatic hydroxyl groups is 1. The van der Waals surface area contributed by atoms with Gasteiger partial charge in [-0.25, -0.2) is 0 Å². The van der Waals surface area contributed by atoms with Crippen LogP contribution in [-0.2, 0) is 0 Å². The third-order valence-corrected chi connectivity index (χ3v) is 5.37. The Bertz CT molecular complexity index is 317. The van der Waals surface area contributed by atoms with Crippen LogP contribution in [-0.4, -0.2) is 11.7 Å². The number of benzene rings is 1. The summed E-state index contributed by atoms with van der Waals surface area (Å²) in [5.74, 6) is 0. The summed E-state index contributed by atoms with van der Waals surface area (Å²) in [4.78, 5) is 0. The van der Waals surface area contributed by atoms with Crippen LogP contribution in [0.5, 0.6) is 0 Å². The number of hydrogen-bond acceptors (Lipinski definition) is 2. The predicted octanol–water partition coefficient (Wildman–Crippen LogP) is 2.49. The van der Waals surface area contributed by atoms with E-state index in [9.17, 15) is 5.11 Å². The Hall–Kier alpha value is 1.33. The minimum absolute atomic E-state index is 0.271. The second kappa shape index (κ2) is 5.42. The number of hydrogen-bond donors (Lipinski definition) is 2. The molecular weight excluding hydrogens is 507 g/mol. The van der Waals surface area contributed by atoms with Gasteiger partial charge >= 0.3 is 0 Å². The highest BCUT2D eigenvalue weighted by molar-refractivity contribution is 14.1. The zero-order valence-electron chi connectivity index (χ0n) is 6.60. The molecule has 72 valence electrons. The second-order valence-electron chi connectivity index (χ2n) is 2.54. The molecule has 0 fully saturated rings. The van der Waals surface area contributed by atoms with Gasteiger partial charge in [-0.2, -0.15) is 0 Å². The van der Waals surface area contributed by atoms with E-state index in [-0.39, 0.29) is 6.54 Å². The number of aliphatic hydroxyl groups excluding tert-OH is 1. The molecule has 0 spiro atoms. The number of rotatable bonds is 2. The van der Waals surface area contributed by atoms with Crippen molar-refractivity contribution in [2.24, 2.45) is 5.73 Å². The summed E-state index contributed by atoms with van der Waals surface area (Å²) in [5, 5.41) is 9.59. The van der Waals surface area contributed by atoms with E-state index in [0.29, 0.717) is 0 Å². The Labute approximate surface area is 118 Å². The standard InChI is InChI=1S/C8H8I3NO/c9-5-2-7(11)6(10)1-4(5)8(13)3-12/h1-2,8,13H,3,12H2/t8-/m0/s1. The third kappa shape index (κ3) is 3.14. The molecule has 1 aromatic rings. The molecule has 13 heavy (non-hydrogen) atoms. The zero-order chi connectivity index (χ0) is 10.0. The van der Waals surface area contributed by atoms with Crippen molar-refractivity contribution in [1.29, 1.82) is 0 Å². The lowest BCUT2D eigenvalue weighted by Crippen LogP contribution is -2.13. The zero-order valence-corrected chi connectivity index (χ0v) is 13.1. The van der Waals surface area contributed by atoms with Crippen LogP contribution in [0.15, 0.2) is 12.1 Å². The van der Waals surface area contributed by atoms with Gasteiger partial charge in [0.15, 0.2) is 0 Å². The van der Waals surface area contributed by atoms with Crippen molar-refractivity contribution >= 4 is 67.8 Å². The molecule has 0 aliphatic heterocycles. The minimum Gasteiger partial charge on any atom is -0.387 e. The van der Waals surface area contributed by atoms with Crippen molar-refractivity contribution in [3.63, 3.8) is 0 Å². The molecule has 0 unspecified atom stereocenters. The van der Waals surface area contributed by atoms with Crippen LogP contribution < -0.4 is 5.73 Å². The molecule has 3 N–H and O–H groups in total. The maximum Gasteiger partial charge on any atom is 0.0922 e. The van der Waals surface area contributed by atoms with Crippen LogP contribution in [0.1, 0.15) is 11.7 Å². The maximum atomic E-state index is 9.59. The normalized spacial score (nSPS) is 13.0. The molecule has 1 atom stereocenters. The SMILES string of the molecule is NC[C@H](O)c1cc(I)c(I)cc1I. The van der Waals surface area contributed by atoms with Crippen molar-refractivity contribution in [1.82, 2.24) is 0 Å². The van der Waals surface area contributed by atoms with Crippen LogP contribution in [0, 0.1) is 10.7 Å². The van der Waals surface area contributed by atoms with E-state index in [1.807, 2.05) is 6.07 Å². The summed E-state index contributed by atoms with van der Waals surface area (Å²) in [6, 6.07) is 4.04. The molecule has 0 bridgehead atoms. The average Bonchev–Trinajstić information content (AvgIpc) is 2.10. The number of nitrogens with two attached hydrogens (primary N) is 1. The lowest BCUT2D eigenvalue weighted by Gasteiger charge is -2.11. The van der Waals surface area contributed by atoms with Gasteiger partial charge in [-0.1, -0.05) is 0 Å². The summed E-state index contributed by atoms with van der Waals surface area (Å²) >= 11 is 6.75. The lowest BCUT2D eigenvalue weighted by molar-refractivity contribution is 0.186. The Morgan fingerprint density at radius 3 is 2.23 bits per heavy atom. The molecule has 0 aromatic heterocycles. The highest BCUT2D eigenvalue weighted by Crippen LogP contribution is 2.25. The topological polar surface area (TPSA) is 46.2 Å². The summed E-state index contributed by atoms with van der Waals surface area (Å²) < 4.78 is 3.43. The van der Waals surface area contributed by atoms with Crippen molar-refractivity contribution in [2.45, 2.75) is 6.10 Å². The van der Waals surface area contributed by atoms with Crippen molar-refractivity contribution < 1.29 is 5.11 Å². The molecule has 0 radical (unpaired) electrons. The van der Waals surface area contributed by atoms with Crippen molar-refractivity contribution in [2.75, 3.05) is 6.54 Å². The summed E-state index contributed by atoms with van der Waals surface area (Å²) in [7, 11) is 0. The smallest absolute Gasteiger partial charge is 0.0922 e. The summed E-state index contributed by atoms with van der Waals surface area (Å²) in [5.41, 5.74) is 6.33. The minimum atomic E-state index is -0.544. The molecule has 0 aliphatic carbocycles. The fourth-order valence-electron chi connectivity index (χ4n) is 0.920. The Balaban J connectivity index is 3.15. The highest BCUT2D eigenvalue weighted by atomic mass is 127. The molecule has 0 saturated heterocycles. The van der Waals surface area contributed by atoms with Gasteiger partial charge in [-0.3, -0.25) is 0 Å². The Kier molecular flexibility index (Phi) is 5.17. The molecular formula is C8H8I3NO. The average molecular weight is 515 g/mol. The van der Waals surface area contributed by atoms with Crippen LogP contribution in [0.4, 0.5) is 0 Å². The van der Waals surface area contributed by atoms with Gasteiger partial charge < -0.3 is 10.8 Å². The molecule has 0 aliphatic rings. The molecule has 0 saturated carbocycles. The van der Waals surface area contributed by atoms with Gasteiger partial charge in [-0.15, -0.1) is 0 Å². The first-order valence-electron chi connectivity index (χ1n) is 3.59. The van der Waals surface area contributed by atoms with E-state index in [4.69, 9.17) is 5.73 Å². The van der Waals surface area contributed by atoms with E-state index >= 15 is 0 Å². The van der Waals surface area contributed by atoms with Gasteiger partial charge in [0.25, 0.3) is 0 Å². The van der Waals surface area contributed by atoms with Gasteiger partial charge in [-0.05, 0) is 85.5 Å². The van der Waals surface area contributed by atoms with E-state index in [1.165, 1.54) is 3.57 Å². The first-order chi connectivity index (χ1) is 6.06. The molecule has 5 heteroatoms. The van der Waals surface area contributed by atoms with Crippen LogP contribution in [0.25, 0.3) is 0 Å². The van der Waals surface area contributed by atoms with Crippen LogP contribution in [0.3, 0.4) is 0 Å². The molecule has 1 rings (SSSR count). The van der Waals surface area contributed by atoms with E-state index in [2.05, 4.69) is 73.8 Å². The summed E-state index contributed by atoms with van der Waals surface area (Å²) in [6.07, 6.45) is -0.544. The van der Waals surface area contributed by atoms with Crippen LogP contribution in [0.2, 0.25) is 0 Å². The molecule has 2 nitrogen and oxygen atoms in total. The van der Waals surface area contributed by atoms with E-state index in [1.54, 1.807) is 0 Å². The predicted molar refractivity (Wildman–Crippen MR) is 78.6 cm³/mol. The Morgan fingerprint density at radius 1 is 1.15 bits per heavy atom. The fourth-order valence-corrected chi connectivity index (χ4v) is 3.30. The molecule has 1 aromatic carbocycles. The summed E-state index contributed by atoms with van der Waals surface area (Å²) in [6.45, 7) is 0.271. The lowest BCUT2D eigenvalue weighted by atomic mass is 10.1. The van der Waals surface area contributed by atoms with Gasteiger partial charge in [0.2, 0.25) is 0 Å². The maximum absolute atomic E-state index is 9.59. The first-order valence-corrected chi connectivity index (χ1v) is 6.82. The number of halogens is 3. The third-order valence-electron chi connectivity index (χ3n) is 1.62. The highest BCUT2D eigenvalue weighted by Gasteiger charge is 2.11. The van der Waals surface area contributed by atoms with Crippen molar-refractivity contribution in [3.8, 4) is 0 Å². The molecule has 0 amide bonds. The van der Waals surface area contributed by atoms with Crippen molar-refractivity contribution in [3.05, 3.63) is 28.4 Å². The first kappa shape index (κ1) is 12.4. The Morgan fingerprint density at radius 2 is 1.69 bits per heavy atom. The monoisotopic (exact) mass is 515 g/mol. The van der Waals surface area contributed by atoms with E-state index < -0.39 is 6.10 Å². The fraction of sp³-hybridized carbons (Fsp3) is 0.250. The van der Waals surface area contributed by atoms with Crippen LogP contribution >= 0.6 is 67.8 Å². The quantitative estimate of drug-likeness (QED) is 0.471. The second-order valence-corrected chi connectivity index (χ2v) is 6.03. The van der Waals surface area contributed by atoms with Gasteiger partial charge in [0.05, 0.1) is 6.10 Å². The van der Waals surface area contributed by atoms with E-state index in [0.717, 1.165) is 12.7 Å². The largest absolute Gasteiger partial charge is 0.387 e. The van der Waals surface area contributed by atoms with Gasteiger partial charge in [0, 0.05) is 17.3 Å².